The Morgan fingerprint density at radius 3 is 1.79 bits per heavy atom. The number of aromatic nitrogens is 2. The van der Waals surface area contributed by atoms with Gasteiger partial charge in [0.1, 0.15) is 0 Å². The van der Waals surface area contributed by atoms with Crippen LogP contribution in [0.1, 0.15) is 17.5 Å². The van der Waals surface area contributed by atoms with Crippen molar-refractivity contribution >= 4 is 49.7 Å². The van der Waals surface area contributed by atoms with Crippen molar-refractivity contribution in [2.75, 3.05) is 0 Å². The lowest BCUT2D eigenvalue weighted by Gasteiger charge is -2.15. The van der Waals surface area contributed by atoms with Crippen LogP contribution in [0.2, 0.25) is 0 Å². The predicted octanol–water partition coefficient (Wildman–Crippen LogP) is 10.5. The fraction of sp³-hybridized carbons (Fsp3) is 0.0500. The van der Waals surface area contributed by atoms with Crippen molar-refractivity contribution in [2.45, 2.75) is 12.8 Å². The first-order valence-electron chi connectivity index (χ1n) is 14.8. The molecule has 0 atom stereocenters. The molecule has 0 bridgehead atoms. The van der Waals surface area contributed by atoms with Gasteiger partial charge in [-0.25, -0.2) is 0 Å². The average molecular weight is 537 g/mol. The van der Waals surface area contributed by atoms with E-state index in [0.717, 1.165) is 12.8 Å². The van der Waals surface area contributed by atoms with Crippen LogP contribution in [0.5, 0.6) is 0 Å². The van der Waals surface area contributed by atoms with E-state index in [1.165, 1.54) is 77.2 Å². The number of nitrogens with zero attached hydrogens (tertiary/aromatic N) is 2. The summed E-state index contributed by atoms with van der Waals surface area (Å²) in [5.74, 6) is 0. The van der Waals surface area contributed by atoms with E-state index in [1.54, 1.807) is 0 Å². The van der Waals surface area contributed by atoms with Crippen LogP contribution in [0.3, 0.4) is 0 Å². The van der Waals surface area contributed by atoms with Crippen molar-refractivity contribution in [3.05, 3.63) is 151 Å². The summed E-state index contributed by atoms with van der Waals surface area (Å²) in [5, 5.41) is 5.18. The molecule has 0 unspecified atom stereocenters. The largest absolute Gasteiger partial charge is 0.309 e. The molecule has 9 rings (SSSR count). The molecule has 0 saturated heterocycles. The lowest BCUT2D eigenvalue weighted by atomic mass is 9.94. The lowest BCUT2D eigenvalue weighted by Crippen LogP contribution is -2.00. The Kier molecular flexibility index (Phi) is 5.06. The molecule has 2 heteroatoms. The number of hydrogen-bond donors (Lipinski definition) is 0. The number of allylic oxidation sites excluding steroid dienone is 1. The van der Waals surface area contributed by atoms with Crippen LogP contribution >= 0.6 is 0 Å². The van der Waals surface area contributed by atoms with Gasteiger partial charge in [0.15, 0.2) is 0 Å². The highest BCUT2D eigenvalue weighted by Crippen LogP contribution is 2.40. The maximum Gasteiger partial charge on any atom is 0.0579 e. The Balaban J connectivity index is 1.29. The highest BCUT2D eigenvalue weighted by molar-refractivity contribution is 6.13. The molecule has 8 aromatic rings. The summed E-state index contributed by atoms with van der Waals surface area (Å²) < 4.78 is 4.85. The molecule has 2 nitrogen and oxygen atoms in total. The fourth-order valence-corrected chi connectivity index (χ4v) is 7.08. The highest BCUT2D eigenvalue weighted by Gasteiger charge is 2.19. The highest BCUT2D eigenvalue weighted by atomic mass is 15.0. The normalized spacial score (nSPS) is 13.0. The van der Waals surface area contributed by atoms with Crippen LogP contribution in [0, 0.1) is 0 Å². The van der Waals surface area contributed by atoms with Gasteiger partial charge in [-0.05, 0) is 89.7 Å². The minimum Gasteiger partial charge on any atom is -0.309 e. The van der Waals surface area contributed by atoms with E-state index in [4.69, 9.17) is 0 Å². The molecule has 198 valence electrons. The minimum atomic E-state index is 1.07. The van der Waals surface area contributed by atoms with E-state index < -0.39 is 0 Å². The number of hydrogen-bond acceptors (Lipinski definition) is 0. The van der Waals surface area contributed by atoms with Crippen molar-refractivity contribution in [3.63, 3.8) is 0 Å². The fourth-order valence-electron chi connectivity index (χ4n) is 7.08. The van der Waals surface area contributed by atoms with E-state index in [0.29, 0.717) is 0 Å². The molecule has 0 spiro atoms. The second-order valence-electron chi connectivity index (χ2n) is 11.3. The molecular formula is C40H28N2. The summed E-state index contributed by atoms with van der Waals surface area (Å²) in [7, 11) is 0. The van der Waals surface area contributed by atoms with Gasteiger partial charge in [-0.1, -0.05) is 91.0 Å². The molecule has 42 heavy (non-hydrogen) atoms. The summed E-state index contributed by atoms with van der Waals surface area (Å²) in [6.45, 7) is 0. The van der Waals surface area contributed by atoms with Gasteiger partial charge in [-0.2, -0.15) is 0 Å². The lowest BCUT2D eigenvalue weighted by molar-refractivity contribution is 0.984. The van der Waals surface area contributed by atoms with Crippen molar-refractivity contribution < 1.29 is 0 Å². The summed E-state index contributed by atoms with van der Waals surface area (Å²) in [5.41, 5.74) is 12.7. The molecule has 1 aliphatic carbocycles. The summed E-state index contributed by atoms with van der Waals surface area (Å²) in [6, 6.07) is 48.8. The second kappa shape index (κ2) is 9.09. The molecule has 1 aliphatic rings. The topological polar surface area (TPSA) is 9.86 Å². The Hall–Kier alpha value is -5.34. The van der Waals surface area contributed by atoms with Crippen molar-refractivity contribution in [3.8, 4) is 22.5 Å². The number of rotatable bonds is 3. The van der Waals surface area contributed by atoms with Gasteiger partial charge >= 0.3 is 0 Å². The summed E-state index contributed by atoms with van der Waals surface area (Å²) in [4.78, 5) is 0. The van der Waals surface area contributed by atoms with E-state index in [9.17, 15) is 0 Å². The average Bonchev–Trinajstić information content (AvgIpc) is 3.58. The first-order chi connectivity index (χ1) is 20.8. The first kappa shape index (κ1) is 23.4. The van der Waals surface area contributed by atoms with Gasteiger partial charge in [0.05, 0.1) is 22.1 Å². The maximum atomic E-state index is 2.48. The number of para-hydroxylation sites is 3. The molecule has 0 saturated carbocycles. The third kappa shape index (κ3) is 3.39. The molecule has 0 fully saturated rings. The zero-order valence-corrected chi connectivity index (χ0v) is 23.2. The van der Waals surface area contributed by atoms with Gasteiger partial charge in [-0.3, -0.25) is 0 Å². The summed E-state index contributed by atoms with van der Waals surface area (Å²) >= 11 is 0. The van der Waals surface area contributed by atoms with Gasteiger partial charge in [0, 0.05) is 32.9 Å². The van der Waals surface area contributed by atoms with E-state index >= 15 is 0 Å². The van der Waals surface area contributed by atoms with Crippen molar-refractivity contribution in [1.29, 1.82) is 0 Å². The van der Waals surface area contributed by atoms with Gasteiger partial charge < -0.3 is 9.13 Å². The molecule has 6 aromatic carbocycles. The van der Waals surface area contributed by atoms with Crippen LogP contribution in [-0.4, -0.2) is 9.13 Å². The Bertz CT molecular complexity index is 2330. The smallest absolute Gasteiger partial charge is 0.0579 e. The predicted molar refractivity (Wildman–Crippen MR) is 178 cm³/mol. The Morgan fingerprint density at radius 1 is 0.452 bits per heavy atom. The second-order valence-corrected chi connectivity index (χ2v) is 11.3. The van der Waals surface area contributed by atoms with E-state index in [-0.39, 0.29) is 0 Å². The van der Waals surface area contributed by atoms with Crippen LogP contribution in [0.4, 0.5) is 0 Å². The van der Waals surface area contributed by atoms with Crippen LogP contribution in [0.15, 0.2) is 140 Å². The monoisotopic (exact) mass is 536 g/mol. The molecular weight excluding hydrogens is 508 g/mol. The number of aryl methyl sites for hydroxylation is 1. The Morgan fingerprint density at radius 2 is 1.05 bits per heavy atom. The van der Waals surface area contributed by atoms with Crippen LogP contribution < -0.4 is 0 Å². The quantitative estimate of drug-likeness (QED) is 0.213. The van der Waals surface area contributed by atoms with E-state index in [1.807, 2.05) is 0 Å². The van der Waals surface area contributed by atoms with Crippen molar-refractivity contribution in [1.82, 2.24) is 9.13 Å². The number of fused-ring (bicyclic) bond motifs is 8. The zero-order chi connectivity index (χ0) is 27.6. The SMILES string of the molecule is C1=Cc2ccc3c4cc(-c5ccc6c(c5)c5ccccc5n6-c5ccccc5)ccc4n(-c4ccccc4)c3c2CC1. The van der Waals surface area contributed by atoms with E-state index in [2.05, 4.69) is 155 Å². The van der Waals surface area contributed by atoms with Gasteiger partial charge in [-0.15, -0.1) is 0 Å². The van der Waals surface area contributed by atoms with Crippen molar-refractivity contribution in [2.24, 2.45) is 0 Å². The number of benzene rings is 6. The first-order valence-corrected chi connectivity index (χ1v) is 14.8. The van der Waals surface area contributed by atoms with Gasteiger partial charge in [0.2, 0.25) is 0 Å². The third-order valence-electron chi connectivity index (χ3n) is 8.96. The maximum absolute atomic E-state index is 2.48. The Labute approximate surface area is 244 Å². The molecule has 0 radical (unpaired) electrons. The molecule has 2 heterocycles. The molecule has 0 aliphatic heterocycles. The molecule has 0 amide bonds. The molecule has 0 N–H and O–H groups in total. The molecule has 2 aromatic heterocycles. The van der Waals surface area contributed by atoms with Crippen LogP contribution in [-0.2, 0) is 6.42 Å². The van der Waals surface area contributed by atoms with Crippen LogP contribution in [0.25, 0.3) is 72.2 Å². The summed E-state index contributed by atoms with van der Waals surface area (Å²) in [6.07, 6.45) is 6.75. The zero-order valence-electron chi connectivity index (χ0n) is 23.2. The standard InChI is InChI=1S/C40H28N2/c1-3-12-30(13-4-1)41-37-18-10-9-17-33(37)35-25-28(20-23-38(35)41)29-21-24-39-36(26-29)34-22-19-27-11-7-8-16-32(27)40(34)42(39)31-14-5-2-6-15-31/h1-7,9-15,17-26H,8,16H2. The van der Waals surface area contributed by atoms with Gasteiger partial charge in [0.25, 0.3) is 0 Å². The third-order valence-corrected chi connectivity index (χ3v) is 8.96. The minimum absolute atomic E-state index is 1.07.